The summed E-state index contributed by atoms with van der Waals surface area (Å²) < 4.78 is 0. The van der Waals surface area contributed by atoms with Gasteiger partial charge in [-0.25, -0.2) is 19.2 Å². The van der Waals surface area contributed by atoms with E-state index in [1.165, 1.54) is 48.5 Å². The van der Waals surface area contributed by atoms with Crippen molar-refractivity contribution in [2.45, 2.75) is 0 Å². The van der Waals surface area contributed by atoms with Gasteiger partial charge in [-0.2, -0.15) is 0 Å². The zero-order valence-electron chi connectivity index (χ0n) is 13.2. The van der Waals surface area contributed by atoms with Crippen LogP contribution in [0.5, 0.6) is 0 Å². The van der Waals surface area contributed by atoms with Crippen molar-refractivity contribution in [3.63, 3.8) is 0 Å². The number of hydrogen-bond acceptors (Lipinski definition) is 5. The van der Waals surface area contributed by atoms with Crippen molar-refractivity contribution in [1.29, 1.82) is 0 Å². The quantitative estimate of drug-likeness (QED) is 0.635. The second-order valence-electron chi connectivity index (χ2n) is 4.38. The summed E-state index contributed by atoms with van der Waals surface area (Å²) in [6, 6.07) is 10.0. The van der Waals surface area contributed by atoms with Crippen LogP contribution in [0.15, 0.2) is 48.5 Å². The zero-order valence-corrected chi connectivity index (χ0v) is 13.2. The molecule has 9 nitrogen and oxygen atoms in total. The van der Waals surface area contributed by atoms with E-state index in [0.29, 0.717) is 0 Å². The van der Waals surface area contributed by atoms with E-state index >= 15 is 0 Å². The Hall–Kier alpha value is -4.01. The van der Waals surface area contributed by atoms with Gasteiger partial charge in [-0.05, 0) is 48.5 Å². The van der Waals surface area contributed by atoms with Gasteiger partial charge >= 0.3 is 23.9 Å². The summed E-state index contributed by atoms with van der Waals surface area (Å²) >= 11 is 0. The van der Waals surface area contributed by atoms with Crippen molar-refractivity contribution in [2.75, 3.05) is 0 Å². The maximum Gasteiger partial charge on any atom is 0.335 e. The molecular weight excluding hydrogens is 348 g/mol. The minimum atomic E-state index is -1.06. The van der Waals surface area contributed by atoms with Gasteiger partial charge in [0.05, 0.1) is 22.3 Å². The van der Waals surface area contributed by atoms with Crippen LogP contribution in [0, 0.1) is 0 Å². The third-order valence-corrected chi connectivity index (χ3v) is 2.76. The van der Waals surface area contributed by atoms with Crippen LogP contribution in [0.2, 0.25) is 0 Å². The topological polar surface area (TPSA) is 166 Å². The van der Waals surface area contributed by atoms with E-state index in [9.17, 15) is 19.2 Å². The number of carbonyl (C=O) groups excluding carboxylic acids is 1. The fourth-order valence-corrected chi connectivity index (χ4v) is 1.51. The Bertz CT molecular complexity index is 643. The van der Waals surface area contributed by atoms with Crippen LogP contribution in [0.4, 0.5) is 0 Å². The molecule has 2 aromatic carbocycles. The standard InChI is InChI=1S/2C8H6O4.CH2O/c2*9-7(10)5-1-2-6(4-3-5)8(11)12;1-2/h2*1-4H,(H,9,10)(H,11,12);1H2. The monoisotopic (exact) mass is 362 g/mol. The second kappa shape index (κ2) is 10.7. The van der Waals surface area contributed by atoms with Gasteiger partial charge in [-0.15, -0.1) is 0 Å². The van der Waals surface area contributed by atoms with Gasteiger partial charge in [0.2, 0.25) is 0 Å². The number of carboxylic acid groups (broad SMARTS) is 4. The lowest BCUT2D eigenvalue weighted by Gasteiger charge is -1.94. The highest BCUT2D eigenvalue weighted by Gasteiger charge is 2.05. The molecule has 26 heavy (non-hydrogen) atoms. The highest BCUT2D eigenvalue weighted by molar-refractivity contribution is 5.92. The Morgan fingerprint density at radius 3 is 0.654 bits per heavy atom. The molecule has 2 rings (SSSR count). The number of carboxylic acids is 4. The van der Waals surface area contributed by atoms with Crippen LogP contribution in [0.1, 0.15) is 41.4 Å². The van der Waals surface area contributed by atoms with E-state index in [1.807, 2.05) is 6.79 Å². The number of rotatable bonds is 4. The zero-order chi connectivity index (χ0) is 20.3. The smallest absolute Gasteiger partial charge is 0.335 e. The fourth-order valence-electron chi connectivity index (χ4n) is 1.51. The fraction of sp³-hybridized carbons (Fsp3) is 0. The Morgan fingerprint density at radius 2 is 0.577 bits per heavy atom. The van der Waals surface area contributed by atoms with E-state index in [0.717, 1.165) is 0 Å². The first-order chi connectivity index (χ1) is 12.2. The minimum absolute atomic E-state index is 0.0833. The summed E-state index contributed by atoms with van der Waals surface area (Å²) in [4.78, 5) is 49.3. The van der Waals surface area contributed by atoms with Gasteiger partial charge in [0, 0.05) is 0 Å². The van der Waals surface area contributed by atoms with Crippen molar-refractivity contribution in [1.82, 2.24) is 0 Å². The lowest BCUT2D eigenvalue weighted by Crippen LogP contribution is -1.99. The molecular formula is C17H14O9. The number of hydrogen-bond donors (Lipinski definition) is 4. The molecule has 0 bridgehead atoms. The molecule has 0 spiro atoms. The lowest BCUT2D eigenvalue weighted by atomic mass is 10.1. The Kier molecular flexibility index (Phi) is 9.05. The molecule has 0 heterocycles. The molecule has 0 saturated carbocycles. The van der Waals surface area contributed by atoms with Gasteiger partial charge in [-0.3, -0.25) is 0 Å². The van der Waals surface area contributed by atoms with Crippen LogP contribution >= 0.6 is 0 Å². The lowest BCUT2D eigenvalue weighted by molar-refractivity contribution is -0.0980. The van der Waals surface area contributed by atoms with Crippen LogP contribution in [0.25, 0.3) is 0 Å². The van der Waals surface area contributed by atoms with Crippen LogP contribution < -0.4 is 0 Å². The van der Waals surface area contributed by atoms with E-state index in [4.69, 9.17) is 25.2 Å². The molecule has 9 heteroatoms. The SMILES string of the molecule is C=O.O=C(O)c1ccc(C(=O)O)cc1.O=C(O)c1ccc(C(=O)O)cc1. The summed E-state index contributed by atoms with van der Waals surface area (Å²) in [6.45, 7) is 2.00. The first kappa shape index (κ1) is 22.0. The van der Waals surface area contributed by atoms with Crippen molar-refractivity contribution in [2.24, 2.45) is 0 Å². The first-order valence-corrected chi connectivity index (χ1v) is 6.64. The molecule has 0 amide bonds. The number of carbonyl (C=O) groups is 5. The highest BCUT2D eigenvalue weighted by atomic mass is 16.4. The molecule has 0 aliphatic carbocycles. The van der Waals surface area contributed by atoms with Crippen LogP contribution in [-0.2, 0) is 4.79 Å². The van der Waals surface area contributed by atoms with Crippen LogP contribution in [0.3, 0.4) is 0 Å². The molecule has 0 aliphatic heterocycles. The summed E-state index contributed by atoms with van der Waals surface area (Å²) in [5, 5.41) is 33.9. The number of benzene rings is 2. The summed E-state index contributed by atoms with van der Waals surface area (Å²) in [5.74, 6) is -4.25. The van der Waals surface area contributed by atoms with E-state index in [1.54, 1.807) is 0 Å². The Labute approximate surface area is 146 Å². The maximum absolute atomic E-state index is 10.3. The molecule has 0 unspecified atom stereocenters. The molecule has 0 saturated heterocycles. The molecule has 0 atom stereocenters. The average molecular weight is 362 g/mol. The highest BCUT2D eigenvalue weighted by Crippen LogP contribution is 2.04. The van der Waals surface area contributed by atoms with Crippen molar-refractivity contribution >= 4 is 30.7 Å². The van der Waals surface area contributed by atoms with Crippen molar-refractivity contribution < 1.29 is 44.4 Å². The van der Waals surface area contributed by atoms with Gasteiger partial charge in [0.15, 0.2) is 0 Å². The molecule has 0 fully saturated rings. The number of aromatic carboxylic acids is 4. The largest absolute Gasteiger partial charge is 0.478 e. The molecule has 0 radical (unpaired) electrons. The van der Waals surface area contributed by atoms with Gasteiger partial charge in [0.1, 0.15) is 6.79 Å². The van der Waals surface area contributed by atoms with Gasteiger partial charge < -0.3 is 25.2 Å². The van der Waals surface area contributed by atoms with E-state index < -0.39 is 23.9 Å². The maximum atomic E-state index is 10.3. The Balaban J connectivity index is 0.000000439. The summed E-state index contributed by atoms with van der Waals surface area (Å²) in [6.07, 6.45) is 0. The third-order valence-electron chi connectivity index (χ3n) is 2.76. The predicted molar refractivity (Wildman–Crippen MR) is 87.8 cm³/mol. The molecule has 4 N–H and O–H groups in total. The normalized spacial score (nSPS) is 8.77. The van der Waals surface area contributed by atoms with Gasteiger partial charge in [0.25, 0.3) is 0 Å². The molecule has 2 aromatic rings. The average Bonchev–Trinajstić information content (AvgIpc) is 2.64. The summed E-state index contributed by atoms with van der Waals surface area (Å²) in [7, 11) is 0. The van der Waals surface area contributed by atoms with Crippen molar-refractivity contribution in [3.05, 3.63) is 70.8 Å². The molecule has 136 valence electrons. The van der Waals surface area contributed by atoms with Crippen LogP contribution in [-0.4, -0.2) is 51.1 Å². The van der Waals surface area contributed by atoms with E-state index in [-0.39, 0.29) is 22.3 Å². The minimum Gasteiger partial charge on any atom is -0.478 e. The van der Waals surface area contributed by atoms with Crippen molar-refractivity contribution in [3.8, 4) is 0 Å². The first-order valence-electron chi connectivity index (χ1n) is 6.64. The summed E-state index contributed by atoms with van der Waals surface area (Å²) in [5.41, 5.74) is 0.333. The van der Waals surface area contributed by atoms with E-state index in [2.05, 4.69) is 0 Å². The third kappa shape index (κ3) is 7.04. The molecule has 0 aromatic heterocycles. The van der Waals surface area contributed by atoms with Gasteiger partial charge in [-0.1, -0.05) is 0 Å². The molecule has 0 aliphatic rings. The Morgan fingerprint density at radius 1 is 0.462 bits per heavy atom. The second-order valence-corrected chi connectivity index (χ2v) is 4.38. The predicted octanol–water partition coefficient (Wildman–Crippen LogP) is 1.98.